The van der Waals surface area contributed by atoms with Crippen LogP contribution in [0.15, 0.2) is 36.4 Å². The molecule has 1 aliphatic carbocycles. The Balaban J connectivity index is 1.15. The number of hydrogen-bond donors (Lipinski definition) is 0. The zero-order valence-corrected chi connectivity index (χ0v) is 31.1. The summed E-state index contributed by atoms with van der Waals surface area (Å²) in [5.74, 6) is -0.183. The zero-order chi connectivity index (χ0) is 35.0. The van der Waals surface area contributed by atoms with Gasteiger partial charge in [-0.1, -0.05) is 56.1 Å². The van der Waals surface area contributed by atoms with E-state index in [0.717, 1.165) is 55.3 Å². The normalized spacial score (nSPS) is 23.2. The molecule has 2 aromatic rings. The van der Waals surface area contributed by atoms with Crippen LogP contribution in [0.1, 0.15) is 68.8 Å². The van der Waals surface area contributed by atoms with E-state index < -0.39 is 21.0 Å². The smallest absolute Gasteiger partial charge is 0.401 e. The standard InChI is InChI=1S/C36H48Cl2F3N3O3Si/c1-35(2,3)48(4,5)47-29-12-10-28(11-13-29)44-15-14-26(34(44)46)20-30-31(37)21-27(22-32(30)38)24-6-8-25(9-7-24)33(45)43-18-16-42(17-19-43)23-36(39,40)41/h6-9,21-22,26,28-29H,10-20,23H2,1-5H3/t26-,28?,29?/m0/s1. The molecule has 2 aromatic carbocycles. The lowest BCUT2D eigenvalue weighted by Crippen LogP contribution is -2.50. The van der Waals surface area contributed by atoms with Gasteiger partial charge in [0.2, 0.25) is 5.91 Å². The van der Waals surface area contributed by atoms with Crippen molar-refractivity contribution in [1.82, 2.24) is 14.7 Å². The SMILES string of the molecule is CC(C)(C)[Si](C)(C)OC1CCC(N2CC[C@@H](Cc3c(Cl)cc(-c4ccc(C(=O)N5CCN(CC(F)(F)F)CC5)cc4)cc3Cl)C2=O)CC1. The number of rotatable bonds is 8. The van der Waals surface area contributed by atoms with Crippen LogP contribution < -0.4 is 0 Å². The van der Waals surface area contributed by atoms with Gasteiger partial charge in [0.1, 0.15) is 0 Å². The lowest BCUT2D eigenvalue weighted by atomic mass is 9.92. The first-order valence-corrected chi connectivity index (χ1v) is 20.7. The first kappa shape index (κ1) is 37.1. The number of carbonyl (C=O) groups excluding carboxylic acids is 2. The third kappa shape index (κ3) is 8.78. The first-order valence-electron chi connectivity index (χ1n) is 17.1. The second-order valence-electron chi connectivity index (χ2n) is 15.2. The highest BCUT2D eigenvalue weighted by Crippen LogP contribution is 2.41. The minimum atomic E-state index is -4.25. The molecule has 2 aliphatic heterocycles. The zero-order valence-electron chi connectivity index (χ0n) is 28.6. The predicted octanol–water partition coefficient (Wildman–Crippen LogP) is 8.70. The van der Waals surface area contributed by atoms with Crippen LogP contribution in [0.25, 0.3) is 11.1 Å². The number of amides is 2. The molecule has 48 heavy (non-hydrogen) atoms. The van der Waals surface area contributed by atoms with Crippen LogP contribution in [0.3, 0.4) is 0 Å². The van der Waals surface area contributed by atoms with Crippen LogP contribution in [0, 0.1) is 5.92 Å². The van der Waals surface area contributed by atoms with Gasteiger partial charge >= 0.3 is 6.18 Å². The number of carbonyl (C=O) groups is 2. The Morgan fingerprint density at radius 2 is 1.46 bits per heavy atom. The maximum atomic E-state index is 13.6. The van der Waals surface area contributed by atoms with Gasteiger partial charge in [0.25, 0.3) is 5.91 Å². The van der Waals surface area contributed by atoms with Gasteiger partial charge in [-0.15, -0.1) is 0 Å². The third-order valence-electron chi connectivity index (χ3n) is 10.8. The predicted molar refractivity (Wildman–Crippen MR) is 188 cm³/mol. The van der Waals surface area contributed by atoms with Gasteiger partial charge in [-0.05, 0) is 97.6 Å². The molecule has 0 unspecified atom stereocenters. The summed E-state index contributed by atoms with van der Waals surface area (Å²) in [6, 6.07) is 11.0. The average molecular weight is 727 g/mol. The molecule has 0 bridgehead atoms. The topological polar surface area (TPSA) is 53.1 Å². The van der Waals surface area contributed by atoms with Gasteiger partial charge in [-0.2, -0.15) is 13.2 Å². The Labute approximate surface area is 294 Å². The van der Waals surface area contributed by atoms with Crippen LogP contribution in [0.4, 0.5) is 13.2 Å². The van der Waals surface area contributed by atoms with E-state index in [4.69, 9.17) is 27.6 Å². The molecule has 12 heteroatoms. The Hall–Kier alpha value is -2.11. The first-order chi connectivity index (χ1) is 22.4. The minimum absolute atomic E-state index is 0.160. The largest absolute Gasteiger partial charge is 0.414 e. The van der Waals surface area contributed by atoms with Crippen molar-refractivity contribution in [2.45, 2.75) is 95.8 Å². The quantitative estimate of drug-likeness (QED) is 0.256. The summed E-state index contributed by atoms with van der Waals surface area (Å²) in [6.45, 7) is 12.1. The highest BCUT2D eigenvalue weighted by Gasteiger charge is 2.42. The monoisotopic (exact) mass is 725 g/mol. The highest BCUT2D eigenvalue weighted by atomic mass is 35.5. The summed E-state index contributed by atoms with van der Waals surface area (Å²) in [5.41, 5.74) is 2.86. The van der Waals surface area contributed by atoms with Crippen molar-refractivity contribution in [2.24, 2.45) is 5.92 Å². The average Bonchev–Trinajstić information content (AvgIpc) is 3.37. The number of likely N-dealkylation sites (tertiary alicyclic amines) is 1. The fraction of sp³-hybridized carbons (Fsp3) is 0.611. The van der Waals surface area contributed by atoms with Crippen molar-refractivity contribution in [3.63, 3.8) is 0 Å². The highest BCUT2D eigenvalue weighted by molar-refractivity contribution is 6.74. The molecule has 5 rings (SSSR count). The summed E-state index contributed by atoms with van der Waals surface area (Å²) in [6.07, 6.45) is 1.21. The van der Waals surface area contributed by atoms with Crippen LogP contribution in [0.5, 0.6) is 0 Å². The molecule has 0 aromatic heterocycles. The fourth-order valence-corrected chi connectivity index (χ4v) is 9.01. The summed E-state index contributed by atoms with van der Waals surface area (Å²) >= 11 is 13.6. The van der Waals surface area contributed by atoms with Crippen molar-refractivity contribution in [3.8, 4) is 11.1 Å². The van der Waals surface area contributed by atoms with Crippen molar-refractivity contribution >= 4 is 43.3 Å². The van der Waals surface area contributed by atoms with E-state index in [1.54, 1.807) is 17.0 Å². The van der Waals surface area contributed by atoms with Crippen molar-refractivity contribution < 1.29 is 27.2 Å². The molecule has 0 N–H and O–H groups in total. The van der Waals surface area contributed by atoms with Crippen LogP contribution in [-0.4, -0.2) is 92.4 Å². The van der Waals surface area contributed by atoms with Gasteiger partial charge in [-0.25, -0.2) is 0 Å². The van der Waals surface area contributed by atoms with E-state index in [-0.39, 0.29) is 61.1 Å². The van der Waals surface area contributed by atoms with E-state index in [1.165, 1.54) is 4.90 Å². The number of alkyl halides is 3. The Kier molecular flexibility index (Phi) is 11.3. The van der Waals surface area contributed by atoms with Crippen molar-refractivity contribution in [2.75, 3.05) is 39.3 Å². The third-order valence-corrected chi connectivity index (χ3v) is 16.0. The van der Waals surface area contributed by atoms with Gasteiger partial charge in [0.05, 0.1) is 6.54 Å². The number of piperazine rings is 1. The summed E-state index contributed by atoms with van der Waals surface area (Å²) in [7, 11) is -1.82. The second kappa shape index (κ2) is 14.6. The summed E-state index contributed by atoms with van der Waals surface area (Å²) in [4.78, 5) is 31.6. The lowest BCUT2D eigenvalue weighted by Gasteiger charge is -2.42. The maximum Gasteiger partial charge on any atom is 0.401 e. The molecule has 1 saturated carbocycles. The summed E-state index contributed by atoms with van der Waals surface area (Å²) < 4.78 is 44.8. The molecule has 2 amide bonds. The molecule has 2 saturated heterocycles. The molecule has 3 aliphatic rings. The number of halogens is 5. The molecule has 3 fully saturated rings. The molecule has 6 nitrogen and oxygen atoms in total. The van der Waals surface area contributed by atoms with Crippen molar-refractivity contribution in [3.05, 3.63) is 57.6 Å². The molecular formula is C36H48Cl2F3N3O3Si. The van der Waals surface area contributed by atoms with E-state index >= 15 is 0 Å². The Bertz CT molecular complexity index is 1440. The molecule has 0 radical (unpaired) electrons. The molecule has 0 spiro atoms. The van der Waals surface area contributed by atoms with Gasteiger partial charge in [0, 0.05) is 66.4 Å². The van der Waals surface area contributed by atoms with E-state index in [0.29, 0.717) is 22.0 Å². The molecule has 1 atom stereocenters. The van der Waals surface area contributed by atoms with E-state index in [9.17, 15) is 22.8 Å². The fourth-order valence-electron chi connectivity index (χ4n) is 6.94. The number of hydrogen-bond acceptors (Lipinski definition) is 4. The molecular weight excluding hydrogens is 678 g/mol. The van der Waals surface area contributed by atoms with Gasteiger partial charge in [0.15, 0.2) is 8.32 Å². The minimum Gasteiger partial charge on any atom is -0.414 e. The van der Waals surface area contributed by atoms with E-state index in [2.05, 4.69) is 38.8 Å². The lowest BCUT2D eigenvalue weighted by molar-refractivity contribution is -0.148. The Morgan fingerprint density at radius 3 is 2.00 bits per heavy atom. The maximum absolute atomic E-state index is 13.6. The van der Waals surface area contributed by atoms with Crippen LogP contribution in [0.2, 0.25) is 28.2 Å². The second-order valence-corrected chi connectivity index (χ2v) is 20.8. The molecule has 264 valence electrons. The van der Waals surface area contributed by atoms with E-state index in [1.807, 2.05) is 24.3 Å². The van der Waals surface area contributed by atoms with Gasteiger partial charge < -0.3 is 14.2 Å². The van der Waals surface area contributed by atoms with Crippen LogP contribution >= 0.6 is 23.2 Å². The Morgan fingerprint density at radius 1 is 0.875 bits per heavy atom. The summed E-state index contributed by atoms with van der Waals surface area (Å²) in [5, 5.41) is 1.19. The number of benzene rings is 2. The molecule has 2 heterocycles. The van der Waals surface area contributed by atoms with Crippen LogP contribution in [-0.2, 0) is 15.6 Å². The number of nitrogens with zero attached hydrogens (tertiary/aromatic N) is 3. The van der Waals surface area contributed by atoms with Crippen molar-refractivity contribution in [1.29, 1.82) is 0 Å². The van der Waals surface area contributed by atoms with Gasteiger partial charge in [-0.3, -0.25) is 14.5 Å².